The molecule has 0 unspecified atom stereocenters. The van der Waals surface area contributed by atoms with Gasteiger partial charge in [0.25, 0.3) is 0 Å². The molecule has 6 heteroatoms. The first-order valence-electron chi connectivity index (χ1n) is 11.1. The number of nitrogens with zero attached hydrogens (tertiary/aromatic N) is 1. The molecule has 1 saturated carbocycles. The van der Waals surface area contributed by atoms with Crippen LogP contribution in [0.3, 0.4) is 0 Å². The van der Waals surface area contributed by atoms with Crippen LogP contribution in [-0.4, -0.2) is 35.6 Å². The minimum atomic E-state index is -0.645. The molecule has 2 aliphatic rings. The molecule has 0 radical (unpaired) electrons. The van der Waals surface area contributed by atoms with Crippen molar-refractivity contribution in [2.24, 2.45) is 17.8 Å². The molecule has 1 aromatic heterocycles. The highest BCUT2D eigenvalue weighted by molar-refractivity contribution is 7.99. The van der Waals surface area contributed by atoms with Crippen LogP contribution in [-0.2, 0) is 11.2 Å². The Balaban J connectivity index is 1.40. The second-order valence-electron chi connectivity index (χ2n) is 8.83. The van der Waals surface area contributed by atoms with Gasteiger partial charge >= 0.3 is 5.97 Å². The summed E-state index contributed by atoms with van der Waals surface area (Å²) in [5.41, 5.74) is 1.19. The van der Waals surface area contributed by atoms with E-state index < -0.39 is 5.97 Å². The molecule has 166 valence electrons. The van der Waals surface area contributed by atoms with Gasteiger partial charge in [0.1, 0.15) is 0 Å². The monoisotopic (exact) mass is 483 g/mol. The van der Waals surface area contributed by atoms with Crippen LogP contribution in [0.4, 0.5) is 0 Å². The highest BCUT2D eigenvalue weighted by atomic mass is 35.5. The maximum absolute atomic E-state index is 12.4. The number of carbonyl (C=O) groups is 1. The Morgan fingerprint density at radius 1 is 1.06 bits per heavy atom. The van der Waals surface area contributed by atoms with Crippen LogP contribution in [0.5, 0.6) is 0 Å². The summed E-state index contributed by atoms with van der Waals surface area (Å²) in [6.45, 7) is 2.88. The molecule has 1 aliphatic carbocycles. The van der Waals surface area contributed by atoms with Crippen LogP contribution < -0.4 is 0 Å². The van der Waals surface area contributed by atoms with Crippen molar-refractivity contribution in [2.45, 2.75) is 28.6 Å². The minimum absolute atomic E-state index is 0.0558. The highest BCUT2D eigenvalue weighted by Crippen LogP contribution is 2.53. The Morgan fingerprint density at radius 2 is 1.84 bits per heavy atom. The second kappa shape index (κ2) is 9.60. The Hall–Kier alpha value is -1.79. The fourth-order valence-electron chi connectivity index (χ4n) is 5.57. The van der Waals surface area contributed by atoms with Crippen LogP contribution in [0.1, 0.15) is 22.8 Å². The van der Waals surface area contributed by atoms with Crippen molar-refractivity contribution in [3.63, 3.8) is 0 Å². The maximum Gasteiger partial charge on any atom is 0.307 e. The number of thiophene rings is 1. The third-order valence-electron chi connectivity index (χ3n) is 6.85. The smallest absolute Gasteiger partial charge is 0.307 e. The summed E-state index contributed by atoms with van der Waals surface area (Å²) in [6, 6.07) is 20.5. The molecule has 4 atom stereocenters. The SMILES string of the molecule is O=C(O)[C@@H]1[C@H]2C[C@H](CN(CCc3cccs3)C2)[C@H]1c1ccccc1Sc1ccc(Cl)cc1. The predicted molar refractivity (Wildman–Crippen MR) is 132 cm³/mol. The van der Waals surface area contributed by atoms with Crippen molar-refractivity contribution in [2.75, 3.05) is 19.6 Å². The fourth-order valence-corrected chi connectivity index (χ4v) is 7.39. The van der Waals surface area contributed by atoms with Crippen molar-refractivity contribution in [3.05, 3.63) is 81.5 Å². The van der Waals surface area contributed by atoms with Crippen LogP contribution in [0, 0.1) is 17.8 Å². The van der Waals surface area contributed by atoms with Gasteiger partial charge in [-0.25, -0.2) is 0 Å². The average molecular weight is 484 g/mol. The highest BCUT2D eigenvalue weighted by Gasteiger charge is 2.51. The lowest BCUT2D eigenvalue weighted by atomic mass is 9.82. The molecular formula is C26H26ClNO2S2. The van der Waals surface area contributed by atoms with Gasteiger partial charge in [-0.3, -0.25) is 4.79 Å². The molecule has 0 amide bonds. The summed E-state index contributed by atoms with van der Waals surface area (Å²) in [5, 5.41) is 13.1. The summed E-state index contributed by atoms with van der Waals surface area (Å²) in [7, 11) is 0. The number of rotatable bonds is 7. The molecule has 32 heavy (non-hydrogen) atoms. The first-order chi connectivity index (χ1) is 15.6. The Morgan fingerprint density at radius 3 is 2.59 bits per heavy atom. The molecule has 1 saturated heterocycles. The Labute approximate surface area is 202 Å². The van der Waals surface area contributed by atoms with Crippen LogP contribution >= 0.6 is 34.7 Å². The lowest BCUT2D eigenvalue weighted by Gasteiger charge is -2.32. The molecular weight excluding hydrogens is 458 g/mol. The molecule has 5 rings (SSSR count). The van der Waals surface area contributed by atoms with Crippen molar-refractivity contribution in [3.8, 4) is 0 Å². The van der Waals surface area contributed by atoms with Crippen LogP contribution in [0.25, 0.3) is 0 Å². The molecule has 1 N–H and O–H groups in total. The number of hydrogen-bond donors (Lipinski definition) is 1. The van der Waals surface area contributed by atoms with Crippen molar-refractivity contribution in [1.29, 1.82) is 0 Å². The average Bonchev–Trinajstić information content (AvgIpc) is 3.40. The number of hydrogen-bond acceptors (Lipinski definition) is 4. The molecule has 2 fully saturated rings. The van der Waals surface area contributed by atoms with Crippen LogP contribution in [0.15, 0.2) is 75.8 Å². The zero-order valence-corrected chi connectivity index (χ0v) is 20.1. The quantitative estimate of drug-likeness (QED) is 0.414. The standard InChI is InChI=1S/C26H26ClNO2S2/c27-19-7-9-21(10-8-19)32-23-6-2-1-5-22(23)24-17-14-18(25(24)26(29)30)16-28(15-17)12-11-20-4-3-13-31-20/h1-10,13,17-18,24-25H,11-12,14-16H2,(H,29,30)/t17-,18+,24+,25-/m1/s1. The second-order valence-corrected chi connectivity index (χ2v) is 11.4. The maximum atomic E-state index is 12.4. The molecule has 3 aromatic rings. The van der Waals surface area contributed by atoms with Gasteiger partial charge < -0.3 is 10.0 Å². The van der Waals surface area contributed by atoms with Gasteiger partial charge in [0.15, 0.2) is 0 Å². The summed E-state index contributed by atoms with van der Waals surface area (Å²) < 4.78 is 0. The molecule has 1 aliphatic heterocycles. The largest absolute Gasteiger partial charge is 0.481 e. The summed E-state index contributed by atoms with van der Waals surface area (Å²) >= 11 is 9.56. The van der Waals surface area contributed by atoms with E-state index in [1.54, 1.807) is 23.1 Å². The third kappa shape index (κ3) is 4.62. The zero-order valence-electron chi connectivity index (χ0n) is 17.7. The topological polar surface area (TPSA) is 40.5 Å². The van der Waals surface area contributed by atoms with E-state index in [1.165, 1.54) is 10.4 Å². The Bertz CT molecular complexity index is 1070. The van der Waals surface area contributed by atoms with E-state index in [4.69, 9.17) is 11.6 Å². The number of aliphatic carboxylic acids is 1. The number of carboxylic acids is 1. The minimum Gasteiger partial charge on any atom is -0.481 e. The van der Waals surface area contributed by atoms with Crippen molar-refractivity contribution in [1.82, 2.24) is 4.90 Å². The van der Waals surface area contributed by atoms with E-state index in [1.807, 2.05) is 30.3 Å². The number of halogens is 1. The van der Waals surface area contributed by atoms with Gasteiger partial charge in [-0.1, -0.05) is 47.6 Å². The van der Waals surface area contributed by atoms with Crippen LogP contribution in [0.2, 0.25) is 5.02 Å². The van der Waals surface area contributed by atoms with E-state index in [0.29, 0.717) is 5.92 Å². The van der Waals surface area contributed by atoms with Gasteiger partial charge in [0.2, 0.25) is 0 Å². The molecule has 0 spiro atoms. The fraction of sp³-hybridized carbons (Fsp3) is 0.346. The first-order valence-corrected chi connectivity index (χ1v) is 13.2. The normalized spacial score (nSPS) is 25.2. The van der Waals surface area contributed by atoms with E-state index >= 15 is 0 Å². The van der Waals surface area contributed by atoms with Gasteiger partial charge in [-0.15, -0.1) is 11.3 Å². The van der Waals surface area contributed by atoms with Gasteiger partial charge in [-0.2, -0.15) is 0 Å². The summed E-state index contributed by atoms with van der Waals surface area (Å²) in [4.78, 5) is 18.6. The lowest BCUT2D eigenvalue weighted by molar-refractivity contribution is -0.143. The number of likely N-dealkylation sites (tertiary alicyclic amines) is 1. The number of fused-ring (bicyclic) bond motifs is 2. The lowest BCUT2D eigenvalue weighted by Crippen LogP contribution is -2.39. The Kier molecular flexibility index (Phi) is 6.61. The van der Waals surface area contributed by atoms with Crippen molar-refractivity contribution >= 4 is 40.7 Å². The number of benzene rings is 2. The van der Waals surface area contributed by atoms with Gasteiger partial charge in [-0.05, 0) is 72.0 Å². The number of piperidine rings is 1. The van der Waals surface area contributed by atoms with E-state index in [-0.39, 0.29) is 17.8 Å². The number of carboxylic acid groups (broad SMARTS) is 1. The van der Waals surface area contributed by atoms with E-state index in [2.05, 4.69) is 40.6 Å². The summed E-state index contributed by atoms with van der Waals surface area (Å²) in [6.07, 6.45) is 2.06. The molecule has 2 bridgehead atoms. The first kappa shape index (κ1) is 22.0. The predicted octanol–water partition coefficient (Wildman–Crippen LogP) is 6.53. The zero-order chi connectivity index (χ0) is 22.1. The van der Waals surface area contributed by atoms with Gasteiger partial charge in [0, 0.05) is 45.2 Å². The molecule has 3 nitrogen and oxygen atoms in total. The third-order valence-corrected chi connectivity index (χ3v) is 9.14. The van der Waals surface area contributed by atoms with Gasteiger partial charge in [0.05, 0.1) is 5.92 Å². The summed E-state index contributed by atoms with van der Waals surface area (Å²) in [5.74, 6) is -0.314. The van der Waals surface area contributed by atoms with E-state index in [9.17, 15) is 9.90 Å². The molecule has 2 heterocycles. The van der Waals surface area contributed by atoms with E-state index in [0.717, 1.165) is 47.3 Å². The molecule has 2 aromatic carbocycles. The van der Waals surface area contributed by atoms with Crippen molar-refractivity contribution < 1.29 is 9.90 Å².